The Morgan fingerprint density at radius 3 is 3.00 bits per heavy atom. The first-order chi connectivity index (χ1) is 7.09. The van der Waals surface area contributed by atoms with E-state index in [1.165, 1.54) is 18.7 Å². The van der Waals surface area contributed by atoms with Crippen molar-refractivity contribution < 1.29 is 9.90 Å². The van der Waals surface area contributed by atoms with Crippen molar-refractivity contribution in [1.82, 2.24) is 0 Å². The number of rotatable bonds is 3. The van der Waals surface area contributed by atoms with Crippen molar-refractivity contribution in [1.29, 1.82) is 0 Å². The van der Waals surface area contributed by atoms with Gasteiger partial charge in [-0.2, -0.15) is 0 Å². The van der Waals surface area contributed by atoms with E-state index in [-0.39, 0.29) is 10.9 Å². The molecule has 1 aromatic rings. The van der Waals surface area contributed by atoms with Crippen molar-refractivity contribution in [3.63, 3.8) is 0 Å². The summed E-state index contributed by atoms with van der Waals surface area (Å²) < 4.78 is 0. The molecule has 0 saturated heterocycles. The molecule has 3 N–H and O–H groups in total. The Morgan fingerprint density at radius 1 is 1.60 bits per heavy atom. The van der Waals surface area contributed by atoms with E-state index >= 15 is 0 Å². The van der Waals surface area contributed by atoms with Gasteiger partial charge in [0.15, 0.2) is 5.12 Å². The van der Waals surface area contributed by atoms with Crippen LogP contribution in [0.2, 0.25) is 0 Å². The van der Waals surface area contributed by atoms with Crippen LogP contribution in [0.3, 0.4) is 0 Å². The Kier molecular flexibility index (Phi) is 4.24. The lowest BCUT2D eigenvalue weighted by Crippen LogP contribution is -1.85. The van der Waals surface area contributed by atoms with Crippen molar-refractivity contribution in [3.05, 3.63) is 29.8 Å². The highest BCUT2D eigenvalue weighted by molar-refractivity contribution is 8.13. The molecule has 0 fully saturated rings. The SMILES string of the molecule is CC(=O)SCC=Cc1cc(N)ccc1O. The summed E-state index contributed by atoms with van der Waals surface area (Å²) in [5, 5.41) is 9.54. The second kappa shape index (κ2) is 5.46. The molecule has 80 valence electrons. The Bertz CT molecular complexity index is 388. The third kappa shape index (κ3) is 4.08. The zero-order valence-corrected chi connectivity index (χ0v) is 9.25. The maximum absolute atomic E-state index is 10.6. The fourth-order valence-corrected chi connectivity index (χ4v) is 1.47. The lowest BCUT2D eigenvalue weighted by atomic mass is 10.1. The van der Waals surface area contributed by atoms with Gasteiger partial charge in [0, 0.05) is 23.9 Å². The largest absolute Gasteiger partial charge is 0.507 e. The molecule has 0 amide bonds. The molecule has 0 radical (unpaired) electrons. The van der Waals surface area contributed by atoms with Gasteiger partial charge in [0.25, 0.3) is 0 Å². The monoisotopic (exact) mass is 223 g/mol. The molecule has 15 heavy (non-hydrogen) atoms. The molecule has 0 aliphatic rings. The topological polar surface area (TPSA) is 63.3 Å². The van der Waals surface area contributed by atoms with Gasteiger partial charge < -0.3 is 10.8 Å². The zero-order chi connectivity index (χ0) is 11.3. The van der Waals surface area contributed by atoms with Crippen LogP contribution in [0.25, 0.3) is 6.08 Å². The summed E-state index contributed by atoms with van der Waals surface area (Å²) in [6.45, 7) is 1.52. The Labute approximate surface area is 93.0 Å². The first-order valence-electron chi connectivity index (χ1n) is 4.48. The predicted octanol–water partition coefficient (Wildman–Crippen LogP) is 2.27. The van der Waals surface area contributed by atoms with Crippen LogP contribution in [0.5, 0.6) is 5.75 Å². The maximum Gasteiger partial charge on any atom is 0.186 e. The summed E-state index contributed by atoms with van der Waals surface area (Å²) in [5.74, 6) is 0.789. The average Bonchev–Trinajstić information content (AvgIpc) is 2.17. The van der Waals surface area contributed by atoms with Crippen LogP contribution in [0.1, 0.15) is 12.5 Å². The normalized spacial score (nSPS) is 10.7. The van der Waals surface area contributed by atoms with Gasteiger partial charge in [-0.25, -0.2) is 0 Å². The van der Waals surface area contributed by atoms with E-state index in [0.29, 0.717) is 17.0 Å². The Morgan fingerprint density at radius 2 is 2.33 bits per heavy atom. The standard InChI is InChI=1S/C11H13NO2S/c1-8(13)15-6-2-3-9-7-10(12)4-5-11(9)14/h2-5,7,14H,6,12H2,1H3. The highest BCUT2D eigenvalue weighted by Crippen LogP contribution is 2.21. The molecular formula is C11H13NO2S. The van der Waals surface area contributed by atoms with Gasteiger partial charge in [0.1, 0.15) is 5.75 Å². The van der Waals surface area contributed by atoms with Gasteiger partial charge in [-0.1, -0.05) is 23.9 Å². The van der Waals surface area contributed by atoms with Crippen LogP contribution in [0, 0.1) is 0 Å². The van der Waals surface area contributed by atoms with Gasteiger partial charge in [-0.05, 0) is 18.2 Å². The van der Waals surface area contributed by atoms with Gasteiger partial charge in [-0.3, -0.25) is 4.79 Å². The highest BCUT2D eigenvalue weighted by Gasteiger charge is 1.97. The molecule has 0 saturated carbocycles. The number of anilines is 1. The van der Waals surface area contributed by atoms with E-state index in [9.17, 15) is 9.90 Å². The van der Waals surface area contributed by atoms with Gasteiger partial charge in [-0.15, -0.1) is 0 Å². The number of thioether (sulfide) groups is 1. The second-order valence-electron chi connectivity index (χ2n) is 3.02. The average molecular weight is 223 g/mol. The number of carbonyl (C=O) groups is 1. The molecular weight excluding hydrogens is 210 g/mol. The van der Waals surface area contributed by atoms with Crippen LogP contribution in [-0.2, 0) is 4.79 Å². The molecule has 0 atom stereocenters. The van der Waals surface area contributed by atoms with Crippen LogP contribution < -0.4 is 5.73 Å². The number of hydrogen-bond acceptors (Lipinski definition) is 4. The van der Waals surface area contributed by atoms with Gasteiger partial charge in [0.05, 0.1) is 0 Å². The Hall–Kier alpha value is -1.42. The van der Waals surface area contributed by atoms with Crippen molar-refractivity contribution in [2.45, 2.75) is 6.92 Å². The van der Waals surface area contributed by atoms with Crippen LogP contribution in [-0.4, -0.2) is 16.0 Å². The predicted molar refractivity (Wildman–Crippen MR) is 64.7 cm³/mol. The van der Waals surface area contributed by atoms with E-state index in [2.05, 4.69) is 0 Å². The number of benzene rings is 1. The van der Waals surface area contributed by atoms with Crippen LogP contribution in [0.15, 0.2) is 24.3 Å². The summed E-state index contributed by atoms with van der Waals surface area (Å²) >= 11 is 1.22. The van der Waals surface area contributed by atoms with E-state index in [1.807, 2.05) is 6.08 Å². The first-order valence-corrected chi connectivity index (χ1v) is 5.46. The second-order valence-corrected chi connectivity index (χ2v) is 4.22. The molecule has 1 rings (SSSR count). The smallest absolute Gasteiger partial charge is 0.186 e. The molecule has 3 nitrogen and oxygen atoms in total. The minimum Gasteiger partial charge on any atom is -0.507 e. The summed E-state index contributed by atoms with van der Waals surface area (Å²) in [4.78, 5) is 10.6. The molecule has 0 aromatic heterocycles. The third-order valence-corrected chi connectivity index (χ3v) is 2.50. The molecule has 0 unspecified atom stereocenters. The Balaban J connectivity index is 2.63. The lowest BCUT2D eigenvalue weighted by molar-refractivity contribution is -0.109. The van der Waals surface area contributed by atoms with Crippen LogP contribution in [0.4, 0.5) is 5.69 Å². The molecule has 0 spiro atoms. The highest BCUT2D eigenvalue weighted by atomic mass is 32.2. The summed E-state index contributed by atoms with van der Waals surface area (Å²) in [7, 11) is 0. The van der Waals surface area contributed by atoms with Crippen molar-refractivity contribution in [3.8, 4) is 5.75 Å². The van der Waals surface area contributed by atoms with Gasteiger partial charge in [0.2, 0.25) is 0 Å². The van der Waals surface area contributed by atoms with E-state index in [4.69, 9.17) is 5.73 Å². The van der Waals surface area contributed by atoms with Gasteiger partial charge >= 0.3 is 0 Å². The molecule has 4 heteroatoms. The van der Waals surface area contributed by atoms with E-state index in [0.717, 1.165) is 0 Å². The number of carbonyl (C=O) groups excluding carboxylic acids is 1. The number of phenolic OH excluding ortho intramolecular Hbond substituents is 1. The quantitative estimate of drug-likeness (QED) is 0.609. The summed E-state index contributed by atoms with van der Waals surface area (Å²) in [6, 6.07) is 4.87. The maximum atomic E-state index is 10.6. The van der Waals surface area contributed by atoms with E-state index < -0.39 is 0 Å². The number of nitrogens with two attached hydrogens (primary N) is 1. The zero-order valence-electron chi connectivity index (χ0n) is 8.43. The fourth-order valence-electron chi connectivity index (χ4n) is 1.05. The molecule has 0 heterocycles. The lowest BCUT2D eigenvalue weighted by Gasteiger charge is -1.99. The molecule has 0 aliphatic carbocycles. The minimum atomic E-state index is 0.0800. The number of hydrogen-bond donors (Lipinski definition) is 2. The van der Waals surface area contributed by atoms with Crippen molar-refractivity contribution >= 4 is 28.6 Å². The number of nitrogen functional groups attached to an aromatic ring is 1. The number of aromatic hydroxyl groups is 1. The molecule has 1 aromatic carbocycles. The summed E-state index contributed by atoms with van der Waals surface area (Å²) in [5.41, 5.74) is 6.84. The summed E-state index contributed by atoms with van der Waals surface area (Å²) in [6.07, 6.45) is 3.57. The number of phenols is 1. The van der Waals surface area contributed by atoms with Crippen molar-refractivity contribution in [2.75, 3.05) is 11.5 Å². The minimum absolute atomic E-state index is 0.0800. The molecule has 0 bridgehead atoms. The van der Waals surface area contributed by atoms with E-state index in [1.54, 1.807) is 24.3 Å². The van der Waals surface area contributed by atoms with Crippen molar-refractivity contribution in [2.24, 2.45) is 0 Å². The first kappa shape index (κ1) is 11.7. The van der Waals surface area contributed by atoms with Crippen LogP contribution >= 0.6 is 11.8 Å². The third-order valence-electron chi connectivity index (χ3n) is 1.73. The molecule has 0 aliphatic heterocycles. The fraction of sp³-hybridized carbons (Fsp3) is 0.182.